The Kier molecular flexibility index (Phi) is 4.75. The lowest BCUT2D eigenvalue weighted by Gasteiger charge is -2.11. The quantitative estimate of drug-likeness (QED) is 0.671. The monoisotopic (exact) mass is 271 g/mol. The van der Waals surface area contributed by atoms with Crippen molar-refractivity contribution in [3.8, 4) is 11.8 Å². The first-order valence-electron chi connectivity index (χ1n) is 6.54. The van der Waals surface area contributed by atoms with Gasteiger partial charge in [0.1, 0.15) is 6.04 Å². The molecule has 4 N–H and O–H groups in total. The van der Waals surface area contributed by atoms with Crippen molar-refractivity contribution in [2.24, 2.45) is 5.73 Å². The van der Waals surface area contributed by atoms with E-state index in [0.29, 0.717) is 25.9 Å². The van der Waals surface area contributed by atoms with Gasteiger partial charge >= 0.3 is 0 Å². The molecule has 0 aliphatic carbocycles. The third-order valence-electron chi connectivity index (χ3n) is 3.04. The summed E-state index contributed by atoms with van der Waals surface area (Å²) in [5.74, 6) is 5.53. The standard InChI is InChI=1S/C15H17N3O2/c16-8-2-5-11-3-1-4-12(9-11)10-17-15(20)13-6-7-14(19)18-13/h1,3-4,9,13H,6-8,10,16H2,(H,17,20)(H,18,19). The van der Waals surface area contributed by atoms with Crippen LogP contribution in [0.2, 0.25) is 0 Å². The van der Waals surface area contributed by atoms with Gasteiger partial charge in [-0.2, -0.15) is 0 Å². The number of nitrogens with one attached hydrogen (secondary N) is 2. The van der Waals surface area contributed by atoms with Crippen molar-refractivity contribution in [3.63, 3.8) is 0 Å². The van der Waals surface area contributed by atoms with Crippen molar-refractivity contribution in [1.82, 2.24) is 10.6 Å². The molecule has 1 saturated heterocycles. The first-order valence-corrected chi connectivity index (χ1v) is 6.54. The highest BCUT2D eigenvalue weighted by molar-refractivity contribution is 5.90. The maximum Gasteiger partial charge on any atom is 0.242 e. The van der Waals surface area contributed by atoms with Gasteiger partial charge < -0.3 is 16.4 Å². The zero-order chi connectivity index (χ0) is 14.4. The highest BCUT2D eigenvalue weighted by atomic mass is 16.2. The highest BCUT2D eigenvalue weighted by Crippen LogP contribution is 2.08. The second kappa shape index (κ2) is 6.73. The zero-order valence-corrected chi connectivity index (χ0v) is 11.1. The summed E-state index contributed by atoms with van der Waals surface area (Å²) in [5, 5.41) is 5.46. The lowest BCUT2D eigenvalue weighted by atomic mass is 10.1. The molecule has 1 atom stereocenters. The molecule has 0 spiro atoms. The Hall–Kier alpha value is -2.32. The number of amides is 2. The number of carbonyl (C=O) groups is 2. The molecular weight excluding hydrogens is 254 g/mol. The SMILES string of the molecule is NCC#Cc1cccc(CNC(=O)C2CCC(=O)N2)c1. The molecule has 1 fully saturated rings. The largest absolute Gasteiger partial charge is 0.350 e. The minimum absolute atomic E-state index is 0.0655. The van der Waals surface area contributed by atoms with Crippen molar-refractivity contribution >= 4 is 11.8 Å². The maximum absolute atomic E-state index is 11.9. The fraction of sp³-hybridized carbons (Fsp3) is 0.333. The molecular formula is C15H17N3O2. The van der Waals surface area contributed by atoms with Gasteiger partial charge in [-0.15, -0.1) is 0 Å². The maximum atomic E-state index is 11.9. The summed E-state index contributed by atoms with van der Waals surface area (Å²) in [6.07, 6.45) is 0.981. The lowest BCUT2D eigenvalue weighted by molar-refractivity contribution is -0.125. The molecule has 1 aliphatic heterocycles. The predicted octanol–water partition coefficient (Wildman–Crippen LogP) is -0.108. The summed E-state index contributed by atoms with van der Waals surface area (Å²) in [4.78, 5) is 22.9. The van der Waals surface area contributed by atoms with Crippen LogP contribution in [0.15, 0.2) is 24.3 Å². The van der Waals surface area contributed by atoms with E-state index in [-0.39, 0.29) is 11.8 Å². The number of hydrogen-bond acceptors (Lipinski definition) is 3. The summed E-state index contributed by atoms with van der Waals surface area (Å²) in [6.45, 7) is 0.742. The number of carbonyl (C=O) groups excluding carboxylic acids is 2. The zero-order valence-electron chi connectivity index (χ0n) is 11.1. The van der Waals surface area contributed by atoms with Crippen molar-refractivity contribution < 1.29 is 9.59 Å². The van der Waals surface area contributed by atoms with Gasteiger partial charge in [-0.3, -0.25) is 9.59 Å². The Morgan fingerprint density at radius 3 is 3.05 bits per heavy atom. The molecule has 5 nitrogen and oxygen atoms in total. The first kappa shape index (κ1) is 14.1. The summed E-state index contributed by atoms with van der Waals surface area (Å²) in [6, 6.07) is 7.21. The van der Waals surface area contributed by atoms with Crippen LogP contribution in [0.5, 0.6) is 0 Å². The molecule has 104 valence electrons. The second-order valence-electron chi connectivity index (χ2n) is 4.58. The molecule has 0 saturated carbocycles. The topological polar surface area (TPSA) is 84.2 Å². The Bertz CT molecular complexity index is 572. The molecule has 5 heteroatoms. The molecule has 1 aliphatic rings. The molecule has 0 bridgehead atoms. The summed E-state index contributed by atoms with van der Waals surface area (Å²) in [5.41, 5.74) is 7.16. The van der Waals surface area contributed by atoms with Gasteiger partial charge in [0.05, 0.1) is 6.54 Å². The molecule has 2 rings (SSSR count). The van der Waals surface area contributed by atoms with E-state index in [0.717, 1.165) is 11.1 Å². The molecule has 1 aromatic rings. The van der Waals surface area contributed by atoms with Crippen LogP contribution < -0.4 is 16.4 Å². The highest BCUT2D eigenvalue weighted by Gasteiger charge is 2.26. The molecule has 1 unspecified atom stereocenters. The van der Waals surface area contributed by atoms with Crippen LogP contribution in [-0.4, -0.2) is 24.4 Å². The van der Waals surface area contributed by atoms with E-state index in [1.165, 1.54) is 0 Å². The van der Waals surface area contributed by atoms with Crippen molar-refractivity contribution in [2.45, 2.75) is 25.4 Å². The predicted molar refractivity (Wildman–Crippen MR) is 75.4 cm³/mol. The van der Waals surface area contributed by atoms with Crippen molar-refractivity contribution in [1.29, 1.82) is 0 Å². The van der Waals surface area contributed by atoms with Crippen molar-refractivity contribution in [3.05, 3.63) is 35.4 Å². The van der Waals surface area contributed by atoms with Crippen molar-refractivity contribution in [2.75, 3.05) is 6.54 Å². The smallest absolute Gasteiger partial charge is 0.242 e. The molecule has 0 aromatic heterocycles. The number of nitrogens with two attached hydrogens (primary N) is 1. The van der Waals surface area contributed by atoms with E-state index in [1.54, 1.807) is 0 Å². The molecule has 2 amide bonds. The first-order chi connectivity index (χ1) is 9.69. The van der Waals surface area contributed by atoms with Gasteiger partial charge in [0.2, 0.25) is 11.8 Å². The van der Waals surface area contributed by atoms with E-state index < -0.39 is 6.04 Å². The fourth-order valence-corrected chi connectivity index (χ4v) is 2.04. The summed E-state index contributed by atoms with van der Waals surface area (Å²) < 4.78 is 0. The molecule has 1 aromatic carbocycles. The average molecular weight is 271 g/mol. The molecule has 0 radical (unpaired) electrons. The third kappa shape index (κ3) is 3.84. The minimum atomic E-state index is -0.400. The third-order valence-corrected chi connectivity index (χ3v) is 3.04. The van der Waals surface area contributed by atoms with Crippen LogP contribution in [0.25, 0.3) is 0 Å². The molecule has 1 heterocycles. The Balaban J connectivity index is 1.90. The average Bonchev–Trinajstić information content (AvgIpc) is 2.90. The van der Waals surface area contributed by atoms with E-state index in [9.17, 15) is 9.59 Å². The Labute approximate surface area is 117 Å². The van der Waals surface area contributed by atoms with Gasteiger partial charge in [-0.1, -0.05) is 24.0 Å². The van der Waals surface area contributed by atoms with Gasteiger partial charge in [0, 0.05) is 18.5 Å². The van der Waals surface area contributed by atoms with Crippen LogP contribution in [0.3, 0.4) is 0 Å². The minimum Gasteiger partial charge on any atom is -0.350 e. The summed E-state index contributed by atoms with van der Waals surface area (Å²) >= 11 is 0. The fourth-order valence-electron chi connectivity index (χ4n) is 2.04. The summed E-state index contributed by atoms with van der Waals surface area (Å²) in [7, 11) is 0. The number of rotatable bonds is 3. The van der Waals surface area contributed by atoms with E-state index in [1.807, 2.05) is 24.3 Å². The van der Waals surface area contributed by atoms with E-state index in [4.69, 9.17) is 5.73 Å². The van der Waals surface area contributed by atoms with Gasteiger partial charge in [0.25, 0.3) is 0 Å². The van der Waals surface area contributed by atoms with Crippen LogP contribution in [0.1, 0.15) is 24.0 Å². The van der Waals surface area contributed by atoms with Gasteiger partial charge in [-0.25, -0.2) is 0 Å². The van der Waals surface area contributed by atoms with Crippen LogP contribution in [-0.2, 0) is 16.1 Å². The van der Waals surface area contributed by atoms with Crippen LogP contribution >= 0.6 is 0 Å². The Morgan fingerprint density at radius 2 is 2.35 bits per heavy atom. The Morgan fingerprint density at radius 1 is 1.50 bits per heavy atom. The van der Waals surface area contributed by atoms with Gasteiger partial charge in [-0.05, 0) is 24.1 Å². The van der Waals surface area contributed by atoms with Crippen LogP contribution in [0, 0.1) is 11.8 Å². The van der Waals surface area contributed by atoms with E-state index in [2.05, 4.69) is 22.5 Å². The second-order valence-corrected chi connectivity index (χ2v) is 4.58. The van der Waals surface area contributed by atoms with Gasteiger partial charge in [0.15, 0.2) is 0 Å². The lowest BCUT2D eigenvalue weighted by Crippen LogP contribution is -2.41. The molecule has 20 heavy (non-hydrogen) atoms. The number of hydrogen-bond donors (Lipinski definition) is 3. The number of benzene rings is 1. The van der Waals surface area contributed by atoms with E-state index >= 15 is 0 Å². The van der Waals surface area contributed by atoms with Crippen LogP contribution in [0.4, 0.5) is 0 Å². The normalized spacial score (nSPS) is 17.1.